The zero-order chi connectivity index (χ0) is 34.6. The molecule has 0 aromatic heterocycles. The van der Waals surface area contributed by atoms with Gasteiger partial charge in [0.15, 0.2) is 11.5 Å². The molecular weight excluding hydrogens is 648 g/mol. The van der Waals surface area contributed by atoms with Crippen LogP contribution in [0, 0.1) is 0 Å². The van der Waals surface area contributed by atoms with Gasteiger partial charge < -0.3 is 47.5 Å². The zero-order valence-corrected chi connectivity index (χ0v) is 25.3. The highest BCUT2D eigenvalue weighted by atomic mass is 19.4. The van der Waals surface area contributed by atoms with Crippen LogP contribution in [0.5, 0.6) is 11.5 Å². The maximum Gasteiger partial charge on any atom is 0.416 e. The second kappa shape index (κ2) is 14.0. The molecule has 0 bridgehead atoms. The molecule has 5 rings (SSSR count). The van der Waals surface area contributed by atoms with Crippen LogP contribution in [0.4, 0.5) is 70.1 Å². The Morgan fingerprint density at radius 2 is 1.10 bits per heavy atom. The topological polar surface area (TPSA) is 165 Å². The summed E-state index contributed by atoms with van der Waals surface area (Å²) in [5, 5.41) is 12.7. The third-order valence-corrected chi connectivity index (χ3v) is 7.67. The summed E-state index contributed by atoms with van der Waals surface area (Å²) in [7, 11) is 0. The Bertz CT molecular complexity index is 1520. The Balaban J connectivity index is 1.25. The number of amides is 4. The number of alkyl halides is 6. The summed E-state index contributed by atoms with van der Waals surface area (Å²) in [6, 6.07) is 6.68. The molecule has 3 aromatic carbocycles. The maximum absolute atomic E-state index is 13.5. The van der Waals surface area contributed by atoms with E-state index < -0.39 is 35.5 Å². The molecule has 17 heteroatoms. The van der Waals surface area contributed by atoms with Crippen molar-refractivity contribution >= 4 is 46.2 Å². The number of nitrogens with two attached hydrogens (primary N) is 2. The van der Waals surface area contributed by atoms with Gasteiger partial charge in [0.2, 0.25) is 0 Å². The Morgan fingerprint density at radius 1 is 0.667 bits per heavy atom. The van der Waals surface area contributed by atoms with Crippen molar-refractivity contribution in [3.8, 4) is 11.5 Å². The van der Waals surface area contributed by atoms with Crippen molar-refractivity contribution in [2.45, 2.75) is 56.7 Å². The molecule has 2 aliphatic rings. The minimum atomic E-state index is -4.73. The molecule has 1 unspecified atom stereocenters. The first-order valence-corrected chi connectivity index (χ1v) is 15.0. The monoisotopic (exact) mass is 681 g/mol. The van der Waals surface area contributed by atoms with Crippen molar-refractivity contribution in [2.24, 2.45) is 0 Å². The normalized spacial score (nSPS) is 16.8. The van der Waals surface area contributed by atoms with Gasteiger partial charge in [0.05, 0.1) is 40.0 Å². The van der Waals surface area contributed by atoms with Crippen LogP contribution in [0.3, 0.4) is 0 Å². The van der Waals surface area contributed by atoms with Crippen LogP contribution >= 0.6 is 0 Å². The van der Waals surface area contributed by atoms with Gasteiger partial charge in [-0.1, -0.05) is 0 Å². The third kappa shape index (κ3) is 8.64. The van der Waals surface area contributed by atoms with E-state index >= 15 is 0 Å². The number of hydrogen-bond acceptors (Lipinski definition) is 7. The molecule has 2 fully saturated rings. The van der Waals surface area contributed by atoms with Crippen molar-refractivity contribution in [3.05, 3.63) is 59.7 Å². The SMILES string of the molecule is Nc1cc(C(F)(F)F)cc(NC(=O)Nc2ccc(NC(=O)Nc3cc(C(F)(F)F)cc(N)c3OC3CCNC3)cc2)c1OC1CCCC1. The van der Waals surface area contributed by atoms with Crippen LogP contribution in [0.1, 0.15) is 43.2 Å². The molecule has 258 valence electrons. The lowest BCUT2D eigenvalue weighted by atomic mass is 10.1. The van der Waals surface area contributed by atoms with Crippen LogP contribution in [-0.2, 0) is 12.4 Å². The van der Waals surface area contributed by atoms with E-state index in [4.69, 9.17) is 20.9 Å². The van der Waals surface area contributed by atoms with Gasteiger partial charge in [-0.05, 0) is 87.2 Å². The van der Waals surface area contributed by atoms with Gasteiger partial charge in [-0.3, -0.25) is 0 Å². The van der Waals surface area contributed by atoms with E-state index in [-0.39, 0.29) is 57.8 Å². The number of anilines is 6. The summed E-state index contributed by atoms with van der Waals surface area (Å²) in [6.07, 6.45) is -6.28. The quantitative estimate of drug-likeness (QED) is 0.0973. The molecule has 1 saturated carbocycles. The van der Waals surface area contributed by atoms with Crippen LogP contribution < -0.4 is 47.5 Å². The number of halogens is 6. The Hall–Kier alpha value is -5.06. The largest absolute Gasteiger partial charge is 0.486 e. The molecule has 4 amide bonds. The number of carbonyl (C=O) groups is 2. The van der Waals surface area contributed by atoms with E-state index in [1.54, 1.807) is 0 Å². The second-order valence-corrected chi connectivity index (χ2v) is 11.4. The highest BCUT2D eigenvalue weighted by Gasteiger charge is 2.34. The summed E-state index contributed by atoms with van der Waals surface area (Å²) in [6.45, 7) is 1.10. The molecule has 1 saturated heterocycles. The molecule has 1 heterocycles. The molecule has 9 N–H and O–H groups in total. The van der Waals surface area contributed by atoms with Gasteiger partial charge in [-0.2, -0.15) is 26.3 Å². The van der Waals surface area contributed by atoms with Crippen LogP contribution in [0.2, 0.25) is 0 Å². The lowest BCUT2D eigenvalue weighted by Gasteiger charge is -2.21. The standard InChI is InChI=1S/C31H33F6N7O4/c32-30(33,34)16-11-22(38)26(47-20-3-1-2-4-20)24(13-16)43-28(45)41-18-5-7-19(8-6-18)42-29(46)44-25-14-17(31(35,36)37)12-23(39)27(25)48-21-9-10-40-15-21/h5-8,11-14,20-21,40H,1-4,9-10,15,38-39H2,(H2,41,43,45)(H2,42,44,46). The summed E-state index contributed by atoms with van der Waals surface area (Å²) in [4.78, 5) is 25.6. The van der Waals surface area contributed by atoms with Crippen molar-refractivity contribution < 1.29 is 45.4 Å². The van der Waals surface area contributed by atoms with E-state index in [1.807, 2.05) is 0 Å². The van der Waals surface area contributed by atoms with Crippen molar-refractivity contribution in [2.75, 3.05) is 45.8 Å². The Labute approximate surface area is 270 Å². The van der Waals surface area contributed by atoms with Crippen LogP contribution in [0.15, 0.2) is 48.5 Å². The minimum absolute atomic E-state index is 0.0633. The molecular formula is C31H33F6N7O4. The molecule has 3 aromatic rings. The van der Waals surface area contributed by atoms with Crippen molar-refractivity contribution in [1.29, 1.82) is 0 Å². The lowest BCUT2D eigenvalue weighted by Crippen LogP contribution is -2.24. The van der Waals surface area contributed by atoms with Gasteiger partial charge in [-0.15, -0.1) is 0 Å². The predicted molar refractivity (Wildman–Crippen MR) is 168 cm³/mol. The first-order chi connectivity index (χ1) is 22.7. The summed E-state index contributed by atoms with van der Waals surface area (Å²) in [5.74, 6) is -0.164. The fraction of sp³-hybridized carbons (Fsp3) is 0.355. The smallest absolute Gasteiger partial charge is 0.416 e. The van der Waals surface area contributed by atoms with Crippen LogP contribution in [-0.4, -0.2) is 37.4 Å². The minimum Gasteiger partial charge on any atom is -0.486 e. The molecule has 11 nitrogen and oxygen atoms in total. The number of nitrogen functional groups attached to an aromatic ring is 2. The number of benzene rings is 3. The van der Waals surface area contributed by atoms with E-state index in [2.05, 4.69) is 26.6 Å². The summed E-state index contributed by atoms with van der Waals surface area (Å²) < 4.78 is 92.6. The predicted octanol–water partition coefficient (Wildman–Crippen LogP) is 7.24. The first-order valence-electron chi connectivity index (χ1n) is 15.0. The highest BCUT2D eigenvalue weighted by Crippen LogP contribution is 2.42. The Morgan fingerprint density at radius 3 is 1.50 bits per heavy atom. The van der Waals surface area contributed by atoms with Gasteiger partial charge in [0.25, 0.3) is 0 Å². The molecule has 48 heavy (non-hydrogen) atoms. The molecule has 1 atom stereocenters. The van der Waals surface area contributed by atoms with Crippen molar-refractivity contribution in [1.82, 2.24) is 5.32 Å². The third-order valence-electron chi connectivity index (χ3n) is 7.67. The second-order valence-electron chi connectivity index (χ2n) is 11.4. The summed E-state index contributed by atoms with van der Waals surface area (Å²) in [5.41, 5.74) is 8.92. The number of urea groups is 2. The maximum atomic E-state index is 13.5. The lowest BCUT2D eigenvalue weighted by molar-refractivity contribution is -0.138. The number of ether oxygens (including phenoxy) is 2. The number of nitrogens with one attached hydrogen (secondary N) is 5. The van der Waals surface area contributed by atoms with Gasteiger partial charge >= 0.3 is 24.4 Å². The van der Waals surface area contributed by atoms with Gasteiger partial charge in [0.1, 0.15) is 6.10 Å². The number of hydrogen-bond donors (Lipinski definition) is 7. The van der Waals surface area contributed by atoms with Gasteiger partial charge in [0, 0.05) is 17.9 Å². The first kappa shape index (κ1) is 34.3. The Kier molecular flexibility index (Phi) is 9.98. The number of rotatable bonds is 8. The van der Waals surface area contributed by atoms with E-state index in [1.165, 1.54) is 24.3 Å². The molecule has 0 spiro atoms. The average molecular weight is 682 g/mol. The van der Waals surface area contributed by atoms with E-state index in [0.29, 0.717) is 32.4 Å². The molecule has 0 radical (unpaired) electrons. The molecule has 1 aliphatic carbocycles. The van der Waals surface area contributed by atoms with Crippen molar-refractivity contribution in [3.63, 3.8) is 0 Å². The fourth-order valence-electron chi connectivity index (χ4n) is 5.35. The number of carbonyl (C=O) groups excluding carboxylic acids is 2. The average Bonchev–Trinajstić information content (AvgIpc) is 3.71. The van der Waals surface area contributed by atoms with E-state index in [0.717, 1.165) is 37.1 Å². The molecule has 1 aliphatic heterocycles. The van der Waals surface area contributed by atoms with Gasteiger partial charge in [-0.25, -0.2) is 9.59 Å². The van der Waals surface area contributed by atoms with Crippen LogP contribution in [0.25, 0.3) is 0 Å². The summed E-state index contributed by atoms with van der Waals surface area (Å²) >= 11 is 0. The fourth-order valence-corrected chi connectivity index (χ4v) is 5.35. The zero-order valence-electron chi connectivity index (χ0n) is 25.3. The highest BCUT2D eigenvalue weighted by molar-refractivity contribution is 6.03. The van der Waals surface area contributed by atoms with E-state index in [9.17, 15) is 35.9 Å².